The third-order valence-corrected chi connectivity index (χ3v) is 1.14. The van der Waals surface area contributed by atoms with E-state index < -0.39 is 0 Å². The molecule has 0 aromatic rings. The summed E-state index contributed by atoms with van der Waals surface area (Å²) in [6.07, 6.45) is 9.74. The van der Waals surface area contributed by atoms with Crippen LogP contribution in [0.2, 0.25) is 0 Å². The Morgan fingerprint density at radius 3 is 1.46 bits per heavy atom. The molecule has 56 valence electrons. The fourth-order valence-electron chi connectivity index (χ4n) is 0.291. The first-order valence-electron chi connectivity index (χ1n) is 3.08. The highest BCUT2D eigenvalue weighted by Gasteiger charge is 1.62. The van der Waals surface area contributed by atoms with Gasteiger partial charge >= 0.3 is 0 Å². The van der Waals surface area contributed by atoms with Crippen LogP contribution in [0.1, 0.15) is 0 Å². The van der Waals surface area contributed by atoms with Crippen LogP contribution in [-0.2, 0) is 0 Å². The summed E-state index contributed by atoms with van der Waals surface area (Å²) in [5, 5.41) is 0. The molecule has 0 atom stereocenters. The van der Waals surface area contributed by atoms with Gasteiger partial charge < -0.3 is 0 Å². The van der Waals surface area contributed by atoms with Gasteiger partial charge in [0.2, 0.25) is 0 Å². The molecule has 0 rings (SSSR count). The van der Waals surface area contributed by atoms with E-state index in [1.54, 1.807) is 0 Å². The van der Waals surface area contributed by atoms with Gasteiger partial charge in [-0.15, -0.1) is 12.8 Å². The van der Waals surface area contributed by atoms with Crippen LogP contribution in [-0.4, -0.2) is 0 Å². The van der Waals surface area contributed by atoms with Gasteiger partial charge in [-0.25, -0.2) is 0 Å². The maximum absolute atomic E-state index is 4.87. The highest BCUT2D eigenvalue weighted by Crippen LogP contribution is 2.00. The molecule has 0 saturated carbocycles. The van der Waals surface area contributed by atoms with Crippen LogP contribution >= 0.6 is 8.58 Å². The summed E-state index contributed by atoms with van der Waals surface area (Å²) < 4.78 is 0. The number of hydrogen-bond acceptors (Lipinski definition) is 0. The molecule has 13 heavy (non-hydrogen) atoms. The summed E-state index contributed by atoms with van der Waals surface area (Å²) in [6, 6.07) is 0. The lowest BCUT2D eigenvalue weighted by atomic mass is 10.6. The van der Waals surface area contributed by atoms with Crippen molar-refractivity contribution in [1.82, 2.24) is 0 Å². The fraction of sp³-hybridized carbons (Fsp3) is 0. The lowest BCUT2D eigenvalue weighted by Crippen LogP contribution is -1.49. The molecule has 0 aromatic heterocycles. The Morgan fingerprint density at radius 1 is 0.615 bits per heavy atom. The summed E-state index contributed by atoms with van der Waals surface area (Å²) in [6.45, 7) is 0. The fourth-order valence-corrected chi connectivity index (χ4v) is 0.603. The van der Waals surface area contributed by atoms with Crippen molar-refractivity contribution >= 4 is 8.58 Å². The zero-order chi connectivity index (χ0) is 9.78. The van der Waals surface area contributed by atoms with Crippen molar-refractivity contribution in [3.05, 3.63) is 0 Å². The molecule has 0 nitrogen and oxygen atoms in total. The first kappa shape index (κ1) is 10.8. The molecule has 0 amide bonds. The van der Waals surface area contributed by atoms with Gasteiger partial charge in [0.15, 0.2) is 0 Å². The minimum atomic E-state index is 0.190. The second-order valence-electron chi connectivity index (χ2n) is 1.41. The average Bonchev–Trinajstić information content (AvgIpc) is 2.16. The smallest absolute Gasteiger partial charge is 0.0381 e. The van der Waals surface area contributed by atoms with Gasteiger partial charge in [0.1, 0.15) is 0 Å². The first-order chi connectivity index (χ1) is 6.41. The van der Waals surface area contributed by atoms with E-state index >= 15 is 0 Å². The molecule has 1 heteroatoms. The Hall–Kier alpha value is -2.21. The highest BCUT2D eigenvalue weighted by atomic mass is 31.1. The van der Waals surface area contributed by atoms with E-state index in [9.17, 15) is 0 Å². The quantitative estimate of drug-likeness (QED) is 0.381. The second kappa shape index (κ2) is 9.79. The Morgan fingerprint density at radius 2 is 1.08 bits per heavy atom. The minimum Gasteiger partial charge on any atom is -0.106 e. The largest absolute Gasteiger partial charge is 0.106 e. The zero-order valence-corrected chi connectivity index (χ0v) is 7.65. The van der Waals surface area contributed by atoms with Gasteiger partial charge in [0.05, 0.1) is 0 Å². The van der Waals surface area contributed by atoms with Gasteiger partial charge in [-0.05, 0) is 47.4 Å². The Bertz CT molecular complexity index is 431. The summed E-state index contributed by atoms with van der Waals surface area (Å²) >= 11 is 0. The van der Waals surface area contributed by atoms with Gasteiger partial charge in [-0.2, -0.15) is 0 Å². The van der Waals surface area contributed by atoms with E-state index in [0.29, 0.717) is 0 Å². The molecule has 0 aliphatic carbocycles. The lowest BCUT2D eigenvalue weighted by molar-refractivity contribution is 2.45. The van der Waals surface area contributed by atoms with Gasteiger partial charge in [-0.1, -0.05) is 11.3 Å². The Kier molecular flexibility index (Phi) is 8.13. The molecule has 0 aromatic carbocycles. The third kappa shape index (κ3) is 9.79. The van der Waals surface area contributed by atoms with Crippen molar-refractivity contribution < 1.29 is 0 Å². The van der Waals surface area contributed by atoms with E-state index in [4.69, 9.17) is 12.8 Å². The molecule has 0 radical (unpaired) electrons. The van der Waals surface area contributed by atoms with Crippen molar-refractivity contribution in [1.29, 1.82) is 0 Å². The van der Waals surface area contributed by atoms with Crippen LogP contribution in [0.5, 0.6) is 0 Å². The lowest BCUT2D eigenvalue weighted by Gasteiger charge is -1.64. The van der Waals surface area contributed by atoms with Crippen molar-refractivity contribution in [2.24, 2.45) is 0 Å². The third-order valence-electron chi connectivity index (χ3n) is 0.644. The minimum absolute atomic E-state index is 0.190. The molecule has 0 spiro atoms. The molecular weight excluding hydrogens is 175 g/mol. The van der Waals surface area contributed by atoms with Crippen molar-refractivity contribution in [3.63, 3.8) is 0 Å². The standard InChI is InChI=1S/C12H3P/c1-3-5-7-9-11-13-12-10-8-6-4-2/h1-2,13H. The Balaban J connectivity index is 3.90. The maximum atomic E-state index is 4.87. The molecule has 0 N–H and O–H groups in total. The molecule has 0 unspecified atom stereocenters. The van der Waals surface area contributed by atoms with Crippen molar-refractivity contribution in [3.8, 4) is 71.5 Å². The Labute approximate surface area is 80.7 Å². The zero-order valence-electron chi connectivity index (χ0n) is 6.65. The molecule has 0 aliphatic rings. The number of rotatable bonds is 0. The topological polar surface area (TPSA) is 0 Å². The SMILES string of the molecule is C#CC#CC#CPC#CC#CC#C. The second-order valence-corrected chi connectivity index (χ2v) is 2.16. The molecule has 0 bridgehead atoms. The normalized spacial score (nSPS) is 4.15. The van der Waals surface area contributed by atoms with Crippen molar-refractivity contribution in [2.75, 3.05) is 0 Å². The predicted octanol–water partition coefficient (Wildman–Crippen LogP) is 0.860. The van der Waals surface area contributed by atoms with Crippen LogP contribution in [0.15, 0.2) is 0 Å². The summed E-state index contributed by atoms with van der Waals surface area (Å²) in [7, 11) is 0.190. The van der Waals surface area contributed by atoms with Crippen LogP contribution < -0.4 is 0 Å². The monoisotopic (exact) mass is 178 g/mol. The molecular formula is C12H3P. The molecule has 0 saturated heterocycles. The first-order valence-corrected chi connectivity index (χ1v) is 4.08. The van der Waals surface area contributed by atoms with Gasteiger partial charge in [-0.3, -0.25) is 0 Å². The average molecular weight is 178 g/mol. The van der Waals surface area contributed by atoms with Crippen LogP contribution in [0.3, 0.4) is 0 Å². The van der Waals surface area contributed by atoms with Crippen LogP contribution in [0.25, 0.3) is 0 Å². The van der Waals surface area contributed by atoms with Crippen LogP contribution in [0, 0.1) is 71.5 Å². The molecule has 0 fully saturated rings. The number of hydrogen-bond donors (Lipinski definition) is 0. The van der Waals surface area contributed by atoms with Gasteiger partial charge in [0.25, 0.3) is 0 Å². The summed E-state index contributed by atoms with van der Waals surface area (Å²) in [5.74, 6) is 19.0. The molecule has 0 heterocycles. The molecule has 0 aliphatic heterocycles. The summed E-state index contributed by atoms with van der Waals surface area (Å²) in [5.41, 5.74) is 5.43. The van der Waals surface area contributed by atoms with E-state index in [1.165, 1.54) is 0 Å². The summed E-state index contributed by atoms with van der Waals surface area (Å²) in [4.78, 5) is 0. The van der Waals surface area contributed by atoms with E-state index in [0.717, 1.165) is 0 Å². The maximum Gasteiger partial charge on any atom is 0.0381 e. The van der Waals surface area contributed by atoms with Gasteiger partial charge in [0, 0.05) is 8.58 Å². The highest BCUT2D eigenvalue weighted by molar-refractivity contribution is 7.49. The van der Waals surface area contributed by atoms with Crippen molar-refractivity contribution in [2.45, 2.75) is 0 Å². The van der Waals surface area contributed by atoms with E-state index in [1.807, 2.05) is 0 Å². The number of terminal acetylenes is 2. The van der Waals surface area contributed by atoms with E-state index in [-0.39, 0.29) is 8.58 Å². The van der Waals surface area contributed by atoms with E-state index in [2.05, 4.69) is 58.7 Å². The predicted molar refractivity (Wildman–Crippen MR) is 57.1 cm³/mol. The van der Waals surface area contributed by atoms with Crippen LogP contribution in [0.4, 0.5) is 0 Å².